The van der Waals surface area contributed by atoms with Crippen molar-refractivity contribution in [3.05, 3.63) is 0 Å². The van der Waals surface area contributed by atoms with Gasteiger partial charge in [-0.2, -0.15) is 11.8 Å². The average molecular weight is 318 g/mol. The summed E-state index contributed by atoms with van der Waals surface area (Å²) in [5.74, 6) is 0.00354. The smallest absolute Gasteiger partial charge is 0.314 e. The maximum atomic E-state index is 11.6. The summed E-state index contributed by atoms with van der Waals surface area (Å²) in [4.78, 5) is 22.2. The fraction of sp³-hybridized carbons (Fsp3) is 0.867. The average Bonchev–Trinajstić information content (AvgIpc) is 2.41. The fourth-order valence-electron chi connectivity index (χ4n) is 2.06. The van der Waals surface area contributed by atoms with E-state index in [4.69, 9.17) is 5.11 Å². The molecule has 0 saturated heterocycles. The Balaban J connectivity index is 3.82. The lowest BCUT2D eigenvalue weighted by Crippen LogP contribution is -2.37. The van der Waals surface area contributed by atoms with Gasteiger partial charge in [0.2, 0.25) is 0 Å². The number of urea groups is 1. The number of nitrogens with one attached hydrogen (secondary N) is 2. The standard InChI is InChI=1S/C15H30N2O3S/c1-11(2)13(5-6-14(18)19)8-10-17-15(20)16-9-7-12(3)21-4/h11-13H,5-10H2,1-4H3,(H,18,19)(H2,16,17,20). The first-order valence-electron chi connectivity index (χ1n) is 7.63. The highest BCUT2D eigenvalue weighted by atomic mass is 32.2. The van der Waals surface area contributed by atoms with Gasteiger partial charge in [0.05, 0.1) is 0 Å². The summed E-state index contributed by atoms with van der Waals surface area (Å²) in [6, 6.07) is -0.135. The van der Waals surface area contributed by atoms with Gasteiger partial charge in [0.25, 0.3) is 0 Å². The molecule has 2 unspecified atom stereocenters. The number of carboxylic acids is 1. The quantitative estimate of drug-likeness (QED) is 0.547. The minimum absolute atomic E-state index is 0.135. The molecular formula is C15H30N2O3S. The van der Waals surface area contributed by atoms with Gasteiger partial charge < -0.3 is 15.7 Å². The summed E-state index contributed by atoms with van der Waals surface area (Å²) in [5.41, 5.74) is 0. The van der Waals surface area contributed by atoms with Crippen molar-refractivity contribution in [2.75, 3.05) is 19.3 Å². The number of carbonyl (C=O) groups excluding carboxylic acids is 1. The van der Waals surface area contributed by atoms with Crippen molar-refractivity contribution >= 4 is 23.8 Å². The van der Waals surface area contributed by atoms with E-state index in [1.807, 2.05) is 0 Å². The topological polar surface area (TPSA) is 78.4 Å². The van der Waals surface area contributed by atoms with E-state index in [1.54, 1.807) is 11.8 Å². The van der Waals surface area contributed by atoms with Gasteiger partial charge in [-0.3, -0.25) is 4.79 Å². The van der Waals surface area contributed by atoms with Crippen LogP contribution >= 0.6 is 11.8 Å². The predicted molar refractivity (Wildman–Crippen MR) is 88.8 cm³/mol. The summed E-state index contributed by atoms with van der Waals surface area (Å²) in [5, 5.41) is 15.0. The Hall–Kier alpha value is -0.910. The van der Waals surface area contributed by atoms with Crippen LogP contribution in [0.1, 0.15) is 46.5 Å². The molecule has 0 spiro atoms. The van der Waals surface area contributed by atoms with E-state index < -0.39 is 5.97 Å². The lowest BCUT2D eigenvalue weighted by Gasteiger charge is -2.20. The van der Waals surface area contributed by atoms with E-state index in [-0.39, 0.29) is 12.5 Å². The molecule has 0 rings (SSSR count). The van der Waals surface area contributed by atoms with Crippen molar-refractivity contribution in [1.82, 2.24) is 10.6 Å². The van der Waals surface area contributed by atoms with Gasteiger partial charge in [0.15, 0.2) is 0 Å². The third-order valence-corrected chi connectivity index (χ3v) is 4.75. The fourth-order valence-corrected chi connectivity index (χ4v) is 2.41. The van der Waals surface area contributed by atoms with Crippen LogP contribution in [0.25, 0.3) is 0 Å². The van der Waals surface area contributed by atoms with Crippen molar-refractivity contribution in [1.29, 1.82) is 0 Å². The Morgan fingerprint density at radius 1 is 1.05 bits per heavy atom. The zero-order valence-corrected chi connectivity index (χ0v) is 14.5. The molecule has 5 nitrogen and oxygen atoms in total. The monoisotopic (exact) mass is 318 g/mol. The van der Waals surface area contributed by atoms with Gasteiger partial charge >= 0.3 is 12.0 Å². The van der Waals surface area contributed by atoms with Crippen LogP contribution in [-0.2, 0) is 4.79 Å². The molecule has 0 aromatic carbocycles. The molecule has 6 heteroatoms. The number of amides is 2. The number of aliphatic carboxylic acids is 1. The molecule has 21 heavy (non-hydrogen) atoms. The van der Waals surface area contributed by atoms with Crippen LogP contribution in [0.5, 0.6) is 0 Å². The van der Waals surface area contributed by atoms with Crippen molar-refractivity contribution in [2.24, 2.45) is 11.8 Å². The van der Waals surface area contributed by atoms with Gasteiger partial charge in [0, 0.05) is 24.8 Å². The van der Waals surface area contributed by atoms with E-state index in [1.165, 1.54) is 0 Å². The van der Waals surface area contributed by atoms with Crippen LogP contribution in [-0.4, -0.2) is 41.7 Å². The summed E-state index contributed by atoms with van der Waals surface area (Å²) in [6.45, 7) is 7.60. The maximum Gasteiger partial charge on any atom is 0.314 e. The van der Waals surface area contributed by atoms with Gasteiger partial charge in [-0.15, -0.1) is 0 Å². The molecule has 0 heterocycles. The van der Waals surface area contributed by atoms with Crippen LogP contribution in [0.2, 0.25) is 0 Å². The molecule has 0 radical (unpaired) electrons. The zero-order chi connectivity index (χ0) is 16.3. The zero-order valence-electron chi connectivity index (χ0n) is 13.6. The molecule has 0 saturated carbocycles. The number of carbonyl (C=O) groups is 2. The minimum Gasteiger partial charge on any atom is -0.481 e. The van der Waals surface area contributed by atoms with Crippen LogP contribution < -0.4 is 10.6 Å². The first-order valence-corrected chi connectivity index (χ1v) is 8.91. The number of carboxylic acid groups (broad SMARTS) is 1. The number of hydrogen-bond acceptors (Lipinski definition) is 3. The van der Waals surface area contributed by atoms with E-state index in [2.05, 4.69) is 37.7 Å². The highest BCUT2D eigenvalue weighted by Gasteiger charge is 2.15. The second-order valence-corrected chi connectivity index (χ2v) is 7.02. The number of hydrogen-bond donors (Lipinski definition) is 3. The maximum absolute atomic E-state index is 11.6. The molecule has 124 valence electrons. The van der Waals surface area contributed by atoms with Gasteiger partial charge in [-0.25, -0.2) is 4.79 Å². The highest BCUT2D eigenvalue weighted by Crippen LogP contribution is 2.20. The third kappa shape index (κ3) is 11.4. The molecule has 0 aromatic rings. The molecule has 0 fully saturated rings. The highest BCUT2D eigenvalue weighted by molar-refractivity contribution is 7.99. The van der Waals surface area contributed by atoms with Gasteiger partial charge in [-0.05, 0) is 37.4 Å². The third-order valence-electron chi connectivity index (χ3n) is 3.71. The Labute approximate surface area is 132 Å². The molecule has 0 aromatic heterocycles. The van der Waals surface area contributed by atoms with E-state index in [9.17, 15) is 9.59 Å². The van der Waals surface area contributed by atoms with Crippen molar-refractivity contribution < 1.29 is 14.7 Å². The first kappa shape index (κ1) is 20.1. The Kier molecular flexibility index (Phi) is 11.2. The Morgan fingerprint density at radius 3 is 2.10 bits per heavy atom. The van der Waals surface area contributed by atoms with Gasteiger partial charge in [-0.1, -0.05) is 20.8 Å². The SMILES string of the molecule is CSC(C)CCNC(=O)NCCC(CCC(=O)O)C(C)C. The van der Waals surface area contributed by atoms with E-state index in [0.717, 1.165) is 12.8 Å². The molecule has 2 amide bonds. The van der Waals surface area contributed by atoms with Crippen LogP contribution in [0.15, 0.2) is 0 Å². The lowest BCUT2D eigenvalue weighted by molar-refractivity contribution is -0.137. The summed E-state index contributed by atoms with van der Waals surface area (Å²) >= 11 is 1.79. The number of rotatable bonds is 11. The lowest BCUT2D eigenvalue weighted by atomic mass is 9.88. The van der Waals surface area contributed by atoms with Crippen molar-refractivity contribution in [3.63, 3.8) is 0 Å². The van der Waals surface area contributed by atoms with E-state index in [0.29, 0.717) is 36.6 Å². The molecule has 0 aliphatic carbocycles. The van der Waals surface area contributed by atoms with Crippen LogP contribution in [0.3, 0.4) is 0 Å². The second-order valence-electron chi connectivity index (χ2n) is 5.74. The van der Waals surface area contributed by atoms with E-state index >= 15 is 0 Å². The van der Waals surface area contributed by atoms with Crippen LogP contribution in [0, 0.1) is 11.8 Å². The second kappa shape index (κ2) is 11.7. The van der Waals surface area contributed by atoms with Crippen molar-refractivity contribution in [3.8, 4) is 0 Å². The molecule has 2 atom stereocenters. The van der Waals surface area contributed by atoms with Crippen LogP contribution in [0.4, 0.5) is 4.79 Å². The first-order chi connectivity index (χ1) is 9.86. The van der Waals surface area contributed by atoms with Gasteiger partial charge in [0.1, 0.15) is 0 Å². The molecule has 0 bridgehead atoms. The summed E-state index contributed by atoms with van der Waals surface area (Å²) < 4.78 is 0. The van der Waals surface area contributed by atoms with Crippen molar-refractivity contribution in [2.45, 2.75) is 51.7 Å². The largest absolute Gasteiger partial charge is 0.481 e. The number of thioether (sulfide) groups is 1. The Morgan fingerprint density at radius 2 is 1.62 bits per heavy atom. The molecule has 0 aliphatic rings. The Bertz CT molecular complexity index is 311. The minimum atomic E-state index is -0.755. The normalized spacial score (nSPS) is 13.8. The summed E-state index contributed by atoms with van der Waals surface area (Å²) in [7, 11) is 0. The summed E-state index contributed by atoms with van der Waals surface area (Å²) in [6.07, 6.45) is 4.71. The predicted octanol–water partition coefficient (Wildman–Crippen LogP) is 2.95. The molecule has 3 N–H and O–H groups in total. The molecule has 0 aliphatic heterocycles. The molecular weight excluding hydrogens is 288 g/mol.